The molecule has 6 heteroatoms. The van der Waals surface area contributed by atoms with Gasteiger partial charge in [-0.25, -0.2) is 8.42 Å². The quantitative estimate of drug-likeness (QED) is 0.755. The van der Waals surface area contributed by atoms with Gasteiger partial charge < -0.3 is 0 Å². The van der Waals surface area contributed by atoms with Gasteiger partial charge in [-0.15, -0.1) is 0 Å². The summed E-state index contributed by atoms with van der Waals surface area (Å²) in [6.07, 6.45) is 0. The van der Waals surface area contributed by atoms with Crippen LogP contribution in [0.1, 0.15) is 24.0 Å². The predicted octanol–water partition coefficient (Wildman–Crippen LogP) is 4.01. The van der Waals surface area contributed by atoms with Crippen LogP contribution < -0.4 is 0 Å². The number of aryl methyl sites for hydroxylation is 1. The van der Waals surface area contributed by atoms with Crippen molar-refractivity contribution < 1.29 is 8.42 Å². The van der Waals surface area contributed by atoms with Crippen molar-refractivity contribution in [3.05, 3.63) is 76.9 Å². The van der Waals surface area contributed by atoms with Gasteiger partial charge in [0.05, 0.1) is 23.0 Å². The molecule has 0 saturated carbocycles. The van der Waals surface area contributed by atoms with E-state index >= 15 is 0 Å². The maximum atomic E-state index is 13.3. The van der Waals surface area contributed by atoms with Crippen molar-refractivity contribution in [3.8, 4) is 12.1 Å². The highest BCUT2D eigenvalue weighted by molar-refractivity contribution is 7.89. The monoisotopic (exact) mass is 417 g/mol. The lowest BCUT2D eigenvalue weighted by Gasteiger charge is -2.37. The minimum Gasteiger partial charge on any atom is -0.207 e. The smallest absolute Gasteiger partial charge is 0.207 e. The first-order valence-corrected chi connectivity index (χ1v) is 11.4. The number of hydrogen-bond donors (Lipinski definition) is 0. The molecule has 0 N–H and O–H groups in total. The Morgan fingerprint density at radius 2 is 1.63 bits per heavy atom. The molecule has 0 radical (unpaired) electrons. The molecule has 5 nitrogen and oxygen atoms in total. The number of nitriles is 2. The summed E-state index contributed by atoms with van der Waals surface area (Å²) in [4.78, 5) is 0.280. The molecule has 2 aromatic carbocycles. The van der Waals surface area contributed by atoms with E-state index < -0.39 is 15.9 Å². The van der Waals surface area contributed by atoms with Gasteiger partial charge in [0.2, 0.25) is 10.0 Å². The van der Waals surface area contributed by atoms with Crippen LogP contribution in [0.25, 0.3) is 0 Å². The SMILES string of the molecule is CC1=C(C#N)[C@@H](C#N)[C@@H](c2ccccc2)[C@@H]2CN(S(=O)(=O)c3ccc(C)cc3)C[C@@H]12. The Hall–Kier alpha value is -2.93. The Balaban J connectivity index is 1.78. The minimum atomic E-state index is -3.65. The minimum absolute atomic E-state index is 0.0469. The summed E-state index contributed by atoms with van der Waals surface area (Å²) >= 11 is 0. The Morgan fingerprint density at radius 3 is 2.23 bits per heavy atom. The summed E-state index contributed by atoms with van der Waals surface area (Å²) in [7, 11) is -3.65. The van der Waals surface area contributed by atoms with Gasteiger partial charge in [-0.1, -0.05) is 53.6 Å². The molecule has 1 saturated heterocycles. The third-order valence-corrected chi connectivity index (χ3v) is 8.39. The van der Waals surface area contributed by atoms with Gasteiger partial charge in [0, 0.05) is 24.6 Å². The second kappa shape index (κ2) is 7.72. The molecular weight excluding hydrogens is 394 g/mol. The second-order valence-corrected chi connectivity index (χ2v) is 10.1. The maximum absolute atomic E-state index is 13.3. The molecule has 2 aliphatic rings. The zero-order valence-electron chi connectivity index (χ0n) is 17.0. The molecular formula is C24H23N3O2S. The molecule has 1 aliphatic heterocycles. The summed E-state index contributed by atoms with van der Waals surface area (Å²) in [5.41, 5.74) is 3.32. The molecule has 0 bridgehead atoms. The van der Waals surface area contributed by atoms with E-state index in [-0.39, 0.29) is 22.6 Å². The fourth-order valence-corrected chi connectivity index (χ4v) is 6.46. The largest absolute Gasteiger partial charge is 0.243 e. The van der Waals surface area contributed by atoms with E-state index in [0.717, 1.165) is 16.7 Å². The van der Waals surface area contributed by atoms with E-state index in [0.29, 0.717) is 18.7 Å². The molecule has 1 aliphatic carbocycles. The first-order chi connectivity index (χ1) is 14.4. The molecule has 4 atom stereocenters. The lowest BCUT2D eigenvalue weighted by Crippen LogP contribution is -2.34. The first-order valence-electron chi connectivity index (χ1n) is 10.0. The molecule has 4 rings (SSSR count). The molecule has 0 aromatic heterocycles. The Bertz CT molecular complexity index is 1170. The zero-order valence-corrected chi connectivity index (χ0v) is 17.8. The number of nitrogens with zero attached hydrogens (tertiary/aromatic N) is 3. The topological polar surface area (TPSA) is 85.0 Å². The molecule has 2 aromatic rings. The van der Waals surface area contributed by atoms with Gasteiger partial charge >= 0.3 is 0 Å². The van der Waals surface area contributed by atoms with Gasteiger partial charge in [0.15, 0.2) is 0 Å². The van der Waals surface area contributed by atoms with Crippen LogP contribution in [-0.4, -0.2) is 25.8 Å². The number of benzene rings is 2. The van der Waals surface area contributed by atoms with Crippen LogP contribution in [0.2, 0.25) is 0 Å². The van der Waals surface area contributed by atoms with Crippen molar-refractivity contribution in [2.45, 2.75) is 24.7 Å². The average molecular weight is 418 g/mol. The van der Waals surface area contributed by atoms with Crippen molar-refractivity contribution in [2.24, 2.45) is 17.8 Å². The molecule has 30 heavy (non-hydrogen) atoms. The van der Waals surface area contributed by atoms with Gasteiger partial charge in [0.1, 0.15) is 0 Å². The molecule has 1 fully saturated rings. The van der Waals surface area contributed by atoms with Gasteiger partial charge in [-0.05, 0) is 43.4 Å². The lowest BCUT2D eigenvalue weighted by molar-refractivity contribution is 0.320. The normalized spacial score (nSPS) is 26.7. The van der Waals surface area contributed by atoms with Crippen LogP contribution >= 0.6 is 0 Å². The molecule has 0 amide bonds. The fraction of sp³-hybridized carbons (Fsp3) is 0.333. The summed E-state index contributed by atoms with van der Waals surface area (Å²) in [5.74, 6) is -0.900. The average Bonchev–Trinajstić information content (AvgIpc) is 3.21. The Morgan fingerprint density at radius 1 is 0.967 bits per heavy atom. The first kappa shape index (κ1) is 20.3. The highest BCUT2D eigenvalue weighted by atomic mass is 32.2. The van der Waals surface area contributed by atoms with Crippen LogP contribution in [0.3, 0.4) is 0 Å². The van der Waals surface area contributed by atoms with Crippen molar-refractivity contribution in [1.29, 1.82) is 10.5 Å². The van der Waals surface area contributed by atoms with Gasteiger partial charge in [-0.2, -0.15) is 14.8 Å². The van der Waals surface area contributed by atoms with E-state index in [4.69, 9.17) is 0 Å². The number of fused-ring (bicyclic) bond motifs is 1. The zero-order chi connectivity index (χ0) is 21.5. The molecule has 0 unspecified atom stereocenters. The molecule has 152 valence electrons. The van der Waals surface area contributed by atoms with Crippen molar-refractivity contribution in [2.75, 3.05) is 13.1 Å². The maximum Gasteiger partial charge on any atom is 0.243 e. The number of rotatable bonds is 3. The van der Waals surface area contributed by atoms with Crippen LogP contribution in [0, 0.1) is 47.3 Å². The van der Waals surface area contributed by atoms with Crippen molar-refractivity contribution >= 4 is 10.0 Å². The highest BCUT2D eigenvalue weighted by Gasteiger charge is 2.50. The molecule has 1 heterocycles. The predicted molar refractivity (Wildman–Crippen MR) is 114 cm³/mol. The van der Waals surface area contributed by atoms with Gasteiger partial charge in [0.25, 0.3) is 0 Å². The Kier molecular flexibility index (Phi) is 5.24. The van der Waals surface area contributed by atoms with Crippen LogP contribution in [0.15, 0.2) is 70.6 Å². The van der Waals surface area contributed by atoms with Crippen molar-refractivity contribution in [3.63, 3.8) is 0 Å². The van der Waals surface area contributed by atoms with E-state index in [1.807, 2.05) is 44.2 Å². The van der Waals surface area contributed by atoms with Crippen LogP contribution in [0.4, 0.5) is 0 Å². The van der Waals surface area contributed by atoms with Gasteiger partial charge in [-0.3, -0.25) is 0 Å². The number of allylic oxidation sites excluding steroid dienone is 1. The standard InChI is InChI=1S/C24H23N3O2S/c1-16-8-10-19(11-9-16)30(28,29)27-14-22-17(2)20(12-25)21(13-26)24(23(22)15-27)18-6-4-3-5-7-18/h3-11,21-24H,14-15H2,1-2H3/t21-,22+,23-,24-/m1/s1. The van der Waals surface area contributed by atoms with Crippen LogP contribution in [-0.2, 0) is 10.0 Å². The van der Waals surface area contributed by atoms with Crippen LogP contribution in [0.5, 0.6) is 0 Å². The van der Waals surface area contributed by atoms with E-state index in [1.165, 1.54) is 4.31 Å². The van der Waals surface area contributed by atoms with E-state index in [9.17, 15) is 18.9 Å². The Labute approximate surface area is 177 Å². The third kappa shape index (κ3) is 3.23. The number of sulfonamides is 1. The van der Waals surface area contributed by atoms with Crippen molar-refractivity contribution in [1.82, 2.24) is 4.31 Å². The van der Waals surface area contributed by atoms with E-state index in [2.05, 4.69) is 12.1 Å². The summed E-state index contributed by atoms with van der Waals surface area (Å²) < 4.78 is 28.2. The summed E-state index contributed by atoms with van der Waals surface area (Å²) in [5, 5.41) is 19.7. The third-order valence-electron chi connectivity index (χ3n) is 6.55. The van der Waals surface area contributed by atoms with E-state index in [1.54, 1.807) is 24.3 Å². The molecule has 0 spiro atoms. The number of hydrogen-bond acceptors (Lipinski definition) is 4. The lowest BCUT2D eigenvalue weighted by atomic mass is 9.63. The summed E-state index contributed by atoms with van der Waals surface area (Å²) in [6.45, 7) is 4.47. The highest BCUT2D eigenvalue weighted by Crippen LogP contribution is 2.51. The fourth-order valence-electron chi connectivity index (χ4n) is 4.96. The summed E-state index contributed by atoms with van der Waals surface area (Å²) in [6, 6.07) is 21.2. The second-order valence-electron chi connectivity index (χ2n) is 8.16.